The minimum Gasteiger partial charge on any atom is -0.0839 e. The van der Waals surface area contributed by atoms with Gasteiger partial charge in [-0.25, -0.2) is 0 Å². The van der Waals surface area contributed by atoms with Crippen LogP contribution in [0.5, 0.6) is 0 Å². The van der Waals surface area contributed by atoms with Gasteiger partial charge in [-0.15, -0.1) is 0 Å². The first-order valence-corrected chi connectivity index (χ1v) is 12.3. The maximum Gasteiger partial charge on any atom is -0.0187 e. The molecule has 0 unspecified atom stereocenters. The van der Waals surface area contributed by atoms with E-state index >= 15 is 0 Å². The predicted octanol–water partition coefficient (Wildman–Crippen LogP) is 9.99. The van der Waals surface area contributed by atoms with Crippen LogP contribution in [-0.2, 0) is 0 Å². The Kier molecular flexibility index (Phi) is 16.8. The highest BCUT2D eigenvalue weighted by atomic mass is 14.0. The van der Waals surface area contributed by atoms with E-state index in [0.717, 1.165) is 0 Å². The average molecular weight is 383 g/mol. The molecule has 0 aromatic heterocycles. The van der Waals surface area contributed by atoms with Gasteiger partial charge in [0.25, 0.3) is 0 Å². The summed E-state index contributed by atoms with van der Waals surface area (Å²) in [5.74, 6) is 0. The molecular formula is C28H46. The van der Waals surface area contributed by atoms with Crippen molar-refractivity contribution in [2.24, 2.45) is 0 Å². The van der Waals surface area contributed by atoms with Gasteiger partial charge >= 0.3 is 0 Å². The highest BCUT2D eigenvalue weighted by molar-refractivity contribution is 5.65. The van der Waals surface area contributed by atoms with Gasteiger partial charge in [-0.1, -0.05) is 139 Å². The summed E-state index contributed by atoms with van der Waals surface area (Å²) in [5.41, 5.74) is 2.72. The van der Waals surface area contributed by atoms with E-state index in [9.17, 15) is 0 Å². The predicted molar refractivity (Wildman–Crippen MR) is 130 cm³/mol. The largest absolute Gasteiger partial charge is 0.0839 e. The van der Waals surface area contributed by atoms with Crippen molar-refractivity contribution in [3.8, 4) is 0 Å². The van der Waals surface area contributed by atoms with E-state index in [-0.39, 0.29) is 0 Å². The molecule has 0 aliphatic rings. The van der Waals surface area contributed by atoms with Gasteiger partial charge in [0, 0.05) is 0 Å². The van der Waals surface area contributed by atoms with Crippen LogP contribution in [0.2, 0.25) is 0 Å². The Labute approximate surface area is 176 Å². The van der Waals surface area contributed by atoms with E-state index in [1.807, 2.05) is 0 Å². The van der Waals surface area contributed by atoms with Gasteiger partial charge < -0.3 is 0 Å². The molecule has 0 saturated heterocycles. The van der Waals surface area contributed by atoms with E-state index in [0.29, 0.717) is 0 Å². The molecule has 0 aliphatic carbocycles. The fraction of sp³-hybridized carbons (Fsp3) is 0.643. The van der Waals surface area contributed by atoms with Crippen LogP contribution < -0.4 is 0 Å². The molecule has 1 aromatic carbocycles. The fourth-order valence-corrected chi connectivity index (χ4v) is 3.67. The monoisotopic (exact) mass is 382 g/mol. The topological polar surface area (TPSA) is 0 Å². The molecule has 0 amide bonds. The van der Waals surface area contributed by atoms with Crippen LogP contribution in [0, 0.1) is 0 Å². The summed E-state index contributed by atoms with van der Waals surface area (Å²) in [6.07, 6.45) is 31.2. The summed E-state index contributed by atoms with van der Waals surface area (Å²) in [6.45, 7) is 4.57. The van der Waals surface area contributed by atoms with Crippen molar-refractivity contribution in [2.75, 3.05) is 0 Å². The highest BCUT2D eigenvalue weighted by Crippen LogP contribution is 2.16. The number of allylic oxidation sites excluding steroid dienone is 2. The van der Waals surface area contributed by atoms with Crippen LogP contribution in [0.3, 0.4) is 0 Å². The van der Waals surface area contributed by atoms with Crippen molar-refractivity contribution >= 4 is 12.2 Å². The molecule has 0 aliphatic heterocycles. The molecule has 0 heteroatoms. The van der Waals surface area contributed by atoms with Crippen LogP contribution in [0.15, 0.2) is 36.4 Å². The van der Waals surface area contributed by atoms with E-state index in [2.05, 4.69) is 62.4 Å². The van der Waals surface area contributed by atoms with Gasteiger partial charge in [0.15, 0.2) is 0 Å². The summed E-state index contributed by atoms with van der Waals surface area (Å²) in [6, 6.07) is 8.80. The van der Waals surface area contributed by atoms with Crippen LogP contribution in [0.4, 0.5) is 0 Å². The third-order valence-electron chi connectivity index (χ3n) is 5.54. The minimum absolute atomic E-state index is 1.21. The molecule has 0 N–H and O–H groups in total. The highest BCUT2D eigenvalue weighted by Gasteiger charge is 1.95. The summed E-state index contributed by atoms with van der Waals surface area (Å²) in [7, 11) is 0. The van der Waals surface area contributed by atoms with Crippen LogP contribution in [-0.4, -0.2) is 0 Å². The summed E-state index contributed by atoms with van der Waals surface area (Å²) >= 11 is 0. The molecule has 1 aromatic rings. The third-order valence-corrected chi connectivity index (χ3v) is 5.54. The van der Waals surface area contributed by atoms with Gasteiger partial charge in [0.05, 0.1) is 0 Å². The van der Waals surface area contributed by atoms with Crippen molar-refractivity contribution in [3.05, 3.63) is 47.5 Å². The van der Waals surface area contributed by atoms with Gasteiger partial charge in [0.1, 0.15) is 0 Å². The molecular weight excluding hydrogens is 336 g/mol. The van der Waals surface area contributed by atoms with E-state index in [4.69, 9.17) is 0 Å². The second kappa shape index (κ2) is 19.0. The smallest absolute Gasteiger partial charge is 0.0187 e. The number of hydrogen-bond acceptors (Lipinski definition) is 0. The first-order valence-electron chi connectivity index (χ1n) is 12.3. The molecule has 0 bridgehead atoms. The number of unbranched alkanes of at least 4 members (excludes halogenated alkanes) is 14. The molecule has 0 nitrogen and oxygen atoms in total. The Morgan fingerprint density at radius 3 is 1.25 bits per heavy atom. The molecule has 0 spiro atoms. The molecule has 0 saturated carbocycles. The number of hydrogen-bond donors (Lipinski definition) is 0. The van der Waals surface area contributed by atoms with Gasteiger partial charge in [-0.2, -0.15) is 0 Å². The quantitative estimate of drug-likeness (QED) is 0.221. The van der Waals surface area contributed by atoms with Crippen LogP contribution >= 0.6 is 0 Å². The fourth-order valence-electron chi connectivity index (χ4n) is 3.67. The van der Waals surface area contributed by atoms with Crippen molar-refractivity contribution in [3.63, 3.8) is 0 Å². The first kappa shape index (κ1) is 24.7. The molecule has 1 rings (SSSR count). The lowest BCUT2D eigenvalue weighted by molar-refractivity contribution is 0.592. The van der Waals surface area contributed by atoms with Gasteiger partial charge in [-0.3, -0.25) is 0 Å². The zero-order valence-electron chi connectivity index (χ0n) is 18.9. The van der Waals surface area contributed by atoms with Crippen molar-refractivity contribution < 1.29 is 0 Å². The lowest BCUT2D eigenvalue weighted by Crippen LogP contribution is -1.81. The zero-order valence-corrected chi connectivity index (χ0v) is 18.9. The van der Waals surface area contributed by atoms with E-state index < -0.39 is 0 Å². The number of benzene rings is 1. The summed E-state index contributed by atoms with van der Waals surface area (Å²) in [4.78, 5) is 0. The average Bonchev–Trinajstić information content (AvgIpc) is 2.72. The van der Waals surface area contributed by atoms with Crippen LogP contribution in [0.1, 0.15) is 128 Å². The molecule has 158 valence electrons. The minimum atomic E-state index is 1.21. The SMILES string of the molecule is CCCCCCCCCC=Cc1ccccc1C=CCCCCCCCCC. The summed E-state index contributed by atoms with van der Waals surface area (Å²) < 4.78 is 0. The first-order chi connectivity index (χ1) is 13.9. The van der Waals surface area contributed by atoms with Crippen molar-refractivity contribution in [1.29, 1.82) is 0 Å². The molecule has 0 radical (unpaired) electrons. The molecule has 0 atom stereocenters. The van der Waals surface area contributed by atoms with Crippen LogP contribution in [0.25, 0.3) is 12.2 Å². The lowest BCUT2D eigenvalue weighted by atomic mass is 10.0. The van der Waals surface area contributed by atoms with E-state index in [1.54, 1.807) is 0 Å². The van der Waals surface area contributed by atoms with Gasteiger partial charge in [-0.05, 0) is 36.8 Å². The normalized spacial score (nSPS) is 11.8. The molecule has 0 fully saturated rings. The standard InChI is InChI=1S/C28H46/c1-3-5-7-9-11-13-15-17-19-23-27-25-21-22-26-28(27)24-20-18-16-14-12-10-8-6-4-2/h19-26H,3-18H2,1-2H3. The Balaban J connectivity index is 2.20. The number of rotatable bonds is 18. The maximum atomic E-state index is 2.37. The second-order valence-corrected chi connectivity index (χ2v) is 8.25. The molecule has 0 heterocycles. The Morgan fingerprint density at radius 1 is 0.500 bits per heavy atom. The van der Waals surface area contributed by atoms with E-state index in [1.165, 1.54) is 114 Å². The Morgan fingerprint density at radius 2 is 0.857 bits per heavy atom. The zero-order chi connectivity index (χ0) is 20.1. The summed E-state index contributed by atoms with van der Waals surface area (Å²) in [5, 5.41) is 0. The Hall–Kier alpha value is -1.30. The lowest BCUT2D eigenvalue weighted by Gasteiger charge is -2.02. The Bertz CT molecular complexity index is 462. The maximum absolute atomic E-state index is 2.37. The third kappa shape index (κ3) is 13.8. The second-order valence-electron chi connectivity index (χ2n) is 8.25. The van der Waals surface area contributed by atoms with Crippen molar-refractivity contribution in [1.82, 2.24) is 0 Å². The molecule has 28 heavy (non-hydrogen) atoms. The van der Waals surface area contributed by atoms with Gasteiger partial charge in [0.2, 0.25) is 0 Å². The van der Waals surface area contributed by atoms with Crippen molar-refractivity contribution in [2.45, 2.75) is 117 Å².